The number of imide groups is 1. The smallest absolute Gasteiger partial charge is 0.303 e. The molecule has 2 amide bonds. The molecule has 144 valence electrons. The van der Waals surface area contributed by atoms with Gasteiger partial charge in [0.05, 0.1) is 21.9 Å². The molecule has 5 nitrogen and oxygen atoms in total. The van der Waals surface area contributed by atoms with E-state index >= 15 is 0 Å². The zero-order chi connectivity index (χ0) is 19.7. The van der Waals surface area contributed by atoms with Gasteiger partial charge in [-0.2, -0.15) is 0 Å². The number of aliphatic carboxylic acids is 1. The number of hydrogen-bond donors (Lipinski definition) is 1. The minimum Gasteiger partial charge on any atom is -0.481 e. The highest BCUT2D eigenvalue weighted by Crippen LogP contribution is 2.77. The number of unbranched alkanes of at least 4 members (excludes halogenated alkanes) is 2. The summed E-state index contributed by atoms with van der Waals surface area (Å²) in [6.07, 6.45) is 1.48. The maximum absolute atomic E-state index is 12.9. The largest absolute Gasteiger partial charge is 0.481 e. The van der Waals surface area contributed by atoms with Gasteiger partial charge in [-0.05, 0) is 12.8 Å². The SMILES string of the molecule is O=C(O)CCCCCN1C(=O)[C@@H]2[C@H](C1=O)[C@]1(Cl)C(Cl)=C(Cl)[C@@]2(Cl)C1(Cl)Cl. The summed E-state index contributed by atoms with van der Waals surface area (Å²) in [7, 11) is 0. The van der Waals surface area contributed by atoms with E-state index in [1.54, 1.807) is 0 Å². The molecule has 0 radical (unpaired) electrons. The molecule has 0 aromatic rings. The van der Waals surface area contributed by atoms with Crippen LogP contribution >= 0.6 is 69.6 Å². The monoisotopic (exact) mass is 481 g/mol. The average Bonchev–Trinajstić information content (AvgIpc) is 2.93. The zero-order valence-electron chi connectivity index (χ0n) is 13.1. The number of allylic oxidation sites excluding steroid dienone is 2. The van der Waals surface area contributed by atoms with Gasteiger partial charge in [0.1, 0.15) is 9.75 Å². The summed E-state index contributed by atoms with van der Waals surface area (Å²) in [6.45, 7) is 0.122. The van der Waals surface area contributed by atoms with Crippen LogP contribution in [0.1, 0.15) is 25.7 Å². The zero-order valence-corrected chi connectivity index (χ0v) is 17.6. The summed E-state index contributed by atoms with van der Waals surface area (Å²) in [6, 6.07) is 0. The first kappa shape index (κ1) is 20.8. The first-order valence-electron chi connectivity index (χ1n) is 7.82. The van der Waals surface area contributed by atoms with Crippen LogP contribution < -0.4 is 0 Å². The van der Waals surface area contributed by atoms with E-state index in [0.29, 0.717) is 19.3 Å². The maximum atomic E-state index is 12.9. The van der Waals surface area contributed by atoms with E-state index in [-0.39, 0.29) is 23.0 Å². The Hall–Kier alpha value is 0.0900. The molecule has 1 N–H and O–H groups in total. The average molecular weight is 484 g/mol. The van der Waals surface area contributed by atoms with Crippen molar-refractivity contribution in [3.05, 3.63) is 10.1 Å². The molecule has 0 aromatic carbocycles. The van der Waals surface area contributed by atoms with Gasteiger partial charge in [0.2, 0.25) is 11.8 Å². The lowest BCUT2D eigenvalue weighted by atomic mass is 9.84. The molecule has 11 heteroatoms. The first-order valence-corrected chi connectivity index (χ1v) is 10.1. The Morgan fingerprint density at radius 2 is 1.38 bits per heavy atom. The first-order chi connectivity index (χ1) is 11.9. The number of hydrogen-bond acceptors (Lipinski definition) is 3. The van der Waals surface area contributed by atoms with Gasteiger partial charge in [-0.25, -0.2) is 0 Å². The number of halogens is 6. The van der Waals surface area contributed by atoms with Crippen molar-refractivity contribution in [2.24, 2.45) is 11.8 Å². The topological polar surface area (TPSA) is 74.7 Å². The Labute approximate surface area is 179 Å². The second-order valence-electron chi connectivity index (χ2n) is 6.61. The number of nitrogens with zero attached hydrogens (tertiary/aromatic N) is 1. The second kappa shape index (κ2) is 6.57. The van der Waals surface area contributed by atoms with Gasteiger partial charge in [0.15, 0.2) is 4.33 Å². The van der Waals surface area contributed by atoms with Crippen molar-refractivity contribution >= 4 is 87.4 Å². The van der Waals surface area contributed by atoms with Gasteiger partial charge in [-0.3, -0.25) is 19.3 Å². The van der Waals surface area contributed by atoms with Gasteiger partial charge < -0.3 is 5.11 Å². The van der Waals surface area contributed by atoms with Crippen molar-refractivity contribution in [2.75, 3.05) is 6.54 Å². The molecule has 2 fully saturated rings. The lowest BCUT2D eigenvalue weighted by Gasteiger charge is -2.34. The number of alkyl halides is 4. The third kappa shape index (κ3) is 2.34. The van der Waals surface area contributed by atoms with Crippen LogP contribution in [0, 0.1) is 11.8 Å². The van der Waals surface area contributed by atoms with Crippen molar-refractivity contribution in [1.29, 1.82) is 0 Å². The number of likely N-dealkylation sites (tertiary alicyclic amines) is 1. The Morgan fingerprint density at radius 1 is 0.923 bits per heavy atom. The summed E-state index contributed by atoms with van der Waals surface area (Å²) < 4.78 is -1.93. The minimum atomic E-state index is -1.93. The van der Waals surface area contributed by atoms with Gasteiger partial charge in [0, 0.05) is 13.0 Å². The number of carbonyl (C=O) groups is 3. The van der Waals surface area contributed by atoms with Gasteiger partial charge >= 0.3 is 5.97 Å². The standard InChI is InChI=1S/C15H13Cl6NO4/c16-9-10(17)14(19)8-7(13(9,18)15(14,20)21)11(25)22(12(8)26)5-3-1-2-4-6(23)24/h7-8H,1-5H2,(H,23,24)/t7-,8+,13+,14-. The summed E-state index contributed by atoms with van der Waals surface area (Å²) in [5.74, 6) is -4.22. The summed E-state index contributed by atoms with van der Waals surface area (Å²) in [5, 5.41) is 8.40. The van der Waals surface area contributed by atoms with Crippen LogP contribution in [-0.4, -0.2) is 48.4 Å². The minimum absolute atomic E-state index is 0.0267. The molecule has 1 aliphatic heterocycles. The quantitative estimate of drug-likeness (QED) is 0.351. The van der Waals surface area contributed by atoms with Crippen LogP contribution in [0.5, 0.6) is 0 Å². The molecule has 0 aromatic heterocycles. The van der Waals surface area contributed by atoms with Gasteiger partial charge in [0.25, 0.3) is 0 Å². The van der Waals surface area contributed by atoms with E-state index in [4.69, 9.17) is 74.7 Å². The van der Waals surface area contributed by atoms with E-state index < -0.39 is 43.7 Å². The Morgan fingerprint density at radius 3 is 1.81 bits per heavy atom. The Kier molecular flexibility index (Phi) is 5.26. The van der Waals surface area contributed by atoms with Crippen LogP contribution in [0.4, 0.5) is 0 Å². The summed E-state index contributed by atoms with van der Waals surface area (Å²) in [4.78, 5) is 33.8. The van der Waals surface area contributed by atoms with E-state index in [9.17, 15) is 14.4 Å². The predicted molar refractivity (Wildman–Crippen MR) is 100 cm³/mol. The molecule has 1 saturated heterocycles. The maximum Gasteiger partial charge on any atom is 0.303 e. The molecular formula is C15H13Cl6NO4. The van der Waals surface area contributed by atoms with Crippen molar-refractivity contribution in [1.82, 2.24) is 4.90 Å². The molecule has 3 aliphatic rings. The number of carboxylic acid groups (broad SMARTS) is 1. The van der Waals surface area contributed by atoms with Crippen LogP contribution in [0.3, 0.4) is 0 Å². The molecule has 0 unspecified atom stereocenters. The molecule has 3 rings (SSSR count). The summed E-state index contributed by atoms with van der Waals surface area (Å²) in [5.41, 5.74) is 0. The highest BCUT2D eigenvalue weighted by Gasteiger charge is 2.87. The summed E-state index contributed by atoms with van der Waals surface area (Å²) >= 11 is 38.3. The van der Waals surface area contributed by atoms with Crippen LogP contribution in [0.15, 0.2) is 10.1 Å². The van der Waals surface area contributed by atoms with Crippen molar-refractivity contribution in [3.8, 4) is 0 Å². The molecular weight excluding hydrogens is 471 g/mol. The number of amides is 2. The lowest BCUT2D eigenvalue weighted by molar-refractivity contribution is -0.141. The lowest BCUT2D eigenvalue weighted by Crippen LogP contribution is -2.50. The van der Waals surface area contributed by atoms with Crippen molar-refractivity contribution < 1.29 is 19.5 Å². The molecule has 0 spiro atoms. The molecule has 26 heavy (non-hydrogen) atoms. The fourth-order valence-corrected chi connectivity index (χ4v) is 6.93. The third-order valence-corrected chi connectivity index (χ3v) is 9.53. The van der Waals surface area contributed by atoms with Crippen LogP contribution in [0.25, 0.3) is 0 Å². The Bertz CT molecular complexity index is 694. The Balaban J connectivity index is 1.83. The van der Waals surface area contributed by atoms with Crippen molar-refractivity contribution in [2.45, 2.75) is 39.8 Å². The third-order valence-electron chi connectivity index (χ3n) is 5.27. The van der Waals surface area contributed by atoms with Gasteiger partial charge in [-0.15, -0.1) is 23.2 Å². The van der Waals surface area contributed by atoms with Crippen molar-refractivity contribution in [3.63, 3.8) is 0 Å². The van der Waals surface area contributed by atoms with E-state index in [0.717, 1.165) is 4.90 Å². The molecule has 4 atom stereocenters. The number of carbonyl (C=O) groups excluding carboxylic acids is 2. The molecule has 2 aliphatic carbocycles. The highest BCUT2D eigenvalue weighted by atomic mass is 35.5. The fraction of sp³-hybridized carbons (Fsp3) is 0.667. The van der Waals surface area contributed by atoms with Gasteiger partial charge in [-0.1, -0.05) is 52.8 Å². The van der Waals surface area contributed by atoms with E-state index in [1.165, 1.54) is 0 Å². The second-order valence-corrected chi connectivity index (χ2v) is 9.89. The highest BCUT2D eigenvalue weighted by molar-refractivity contribution is 6.66. The normalized spacial score (nSPS) is 37.7. The molecule has 2 bridgehead atoms. The fourth-order valence-electron chi connectivity index (χ4n) is 4.00. The van der Waals surface area contributed by atoms with E-state index in [2.05, 4.69) is 0 Å². The number of fused-ring (bicyclic) bond motifs is 5. The number of carboxylic acids is 1. The van der Waals surface area contributed by atoms with E-state index in [1.807, 2.05) is 0 Å². The molecule has 1 heterocycles. The predicted octanol–water partition coefficient (Wildman–Crippen LogP) is 4.08. The molecule has 1 saturated carbocycles. The number of rotatable bonds is 6. The van der Waals surface area contributed by atoms with Crippen LogP contribution in [-0.2, 0) is 14.4 Å². The van der Waals surface area contributed by atoms with Crippen LogP contribution in [0.2, 0.25) is 0 Å².